The Bertz CT molecular complexity index is 868. The summed E-state index contributed by atoms with van der Waals surface area (Å²) >= 11 is 3.51. The minimum atomic E-state index is -0.465. The summed E-state index contributed by atoms with van der Waals surface area (Å²) in [5.41, 5.74) is 2.94. The monoisotopic (exact) mass is 416 g/mol. The first-order valence-electron chi connectivity index (χ1n) is 8.46. The number of carbonyl (C=O) groups is 1. The molecule has 4 rings (SSSR count). The third kappa shape index (κ3) is 3.18. The second-order valence-electron chi connectivity index (χ2n) is 6.60. The van der Waals surface area contributed by atoms with Crippen LogP contribution in [0.3, 0.4) is 0 Å². The summed E-state index contributed by atoms with van der Waals surface area (Å²) in [6.45, 7) is 1.37. The van der Waals surface area contributed by atoms with Gasteiger partial charge in [0.1, 0.15) is 6.23 Å². The number of non-ortho nitro benzene ring substituents is 1. The van der Waals surface area contributed by atoms with Gasteiger partial charge in [-0.25, -0.2) is 0 Å². The van der Waals surface area contributed by atoms with Gasteiger partial charge in [-0.3, -0.25) is 19.8 Å². The Labute approximate surface area is 159 Å². The molecule has 134 valence electrons. The highest BCUT2D eigenvalue weighted by molar-refractivity contribution is 9.10. The molecule has 0 aromatic heterocycles. The molecule has 2 atom stereocenters. The maximum Gasteiger partial charge on any atom is 0.269 e. The number of fused-ring (bicyclic) bond motifs is 3. The van der Waals surface area contributed by atoms with E-state index in [9.17, 15) is 14.9 Å². The fourth-order valence-electron chi connectivity index (χ4n) is 3.70. The first-order chi connectivity index (χ1) is 12.5. The number of carbonyl (C=O) groups excluding carboxylic acids is 1. The lowest BCUT2D eigenvalue weighted by atomic mass is 9.96. The van der Waals surface area contributed by atoms with Crippen LogP contribution in [0.2, 0.25) is 0 Å². The van der Waals surface area contributed by atoms with Crippen LogP contribution in [0.25, 0.3) is 0 Å². The number of halogens is 1. The molecule has 6 nitrogen and oxygen atoms in total. The van der Waals surface area contributed by atoms with E-state index < -0.39 is 4.92 Å². The lowest BCUT2D eigenvalue weighted by Crippen LogP contribution is -2.39. The summed E-state index contributed by atoms with van der Waals surface area (Å²) in [5, 5.41) is 10.7. The van der Waals surface area contributed by atoms with Gasteiger partial charge in [0.05, 0.1) is 11.5 Å². The molecule has 0 radical (unpaired) electrons. The summed E-state index contributed by atoms with van der Waals surface area (Å²) < 4.78 is 7.02. The van der Waals surface area contributed by atoms with Crippen LogP contribution in [0.4, 0.5) is 5.69 Å². The number of hydrogen-bond donors (Lipinski definition) is 0. The molecule has 1 fully saturated rings. The molecule has 7 heteroatoms. The van der Waals surface area contributed by atoms with E-state index in [1.54, 1.807) is 0 Å². The zero-order valence-electron chi connectivity index (χ0n) is 13.9. The maximum absolute atomic E-state index is 12.6. The highest BCUT2D eigenvalue weighted by Crippen LogP contribution is 2.38. The summed E-state index contributed by atoms with van der Waals surface area (Å²) in [6, 6.07) is 12.1. The Morgan fingerprint density at radius 1 is 1.27 bits per heavy atom. The third-order valence-electron chi connectivity index (χ3n) is 5.05. The molecule has 2 aromatic carbocycles. The summed E-state index contributed by atoms with van der Waals surface area (Å²) in [5.74, 6) is -0.0193. The number of benzene rings is 2. The Morgan fingerprint density at radius 2 is 2.04 bits per heavy atom. The van der Waals surface area contributed by atoms with Crippen LogP contribution >= 0.6 is 15.9 Å². The fraction of sp³-hybridized carbons (Fsp3) is 0.316. The van der Waals surface area contributed by atoms with Gasteiger partial charge in [0.2, 0.25) is 0 Å². The van der Waals surface area contributed by atoms with Gasteiger partial charge in [-0.1, -0.05) is 22.0 Å². The molecule has 0 spiro atoms. The van der Waals surface area contributed by atoms with Gasteiger partial charge in [0.15, 0.2) is 5.78 Å². The largest absolute Gasteiger partial charge is 0.357 e. The van der Waals surface area contributed by atoms with Crippen molar-refractivity contribution in [2.75, 3.05) is 13.2 Å². The predicted octanol–water partition coefficient (Wildman–Crippen LogP) is 3.89. The van der Waals surface area contributed by atoms with Crippen molar-refractivity contribution in [3.63, 3.8) is 0 Å². The SMILES string of the molecule is O=C(C[C@@H]1CO[C@H]2c3cc(Br)ccc3CCN12)c1ccc([N+](=O)[O-])cc1. The van der Waals surface area contributed by atoms with Crippen LogP contribution in [0.5, 0.6) is 0 Å². The highest BCUT2D eigenvalue weighted by Gasteiger charge is 2.39. The lowest BCUT2D eigenvalue weighted by molar-refractivity contribution is -0.384. The van der Waals surface area contributed by atoms with Gasteiger partial charge in [0, 0.05) is 41.2 Å². The zero-order chi connectivity index (χ0) is 18.3. The number of ether oxygens (including phenoxy) is 1. The summed E-state index contributed by atoms with van der Waals surface area (Å²) in [4.78, 5) is 25.1. The average Bonchev–Trinajstić information content (AvgIpc) is 3.05. The molecule has 0 aliphatic carbocycles. The van der Waals surface area contributed by atoms with E-state index in [1.807, 2.05) is 6.07 Å². The number of hydrogen-bond acceptors (Lipinski definition) is 5. The molecular weight excluding hydrogens is 400 g/mol. The normalized spacial score (nSPS) is 21.9. The molecule has 0 N–H and O–H groups in total. The molecule has 2 aliphatic rings. The standard InChI is InChI=1S/C19H17BrN2O4/c20-14-4-1-12-7-8-21-16(11-26-19(21)17(12)9-14)10-18(23)13-2-5-15(6-3-13)22(24)25/h1-6,9,16,19H,7-8,10-11H2/t16-,19+/m1/s1. The van der Waals surface area contributed by atoms with Crippen LogP contribution in [-0.2, 0) is 11.2 Å². The molecule has 2 heterocycles. The van der Waals surface area contributed by atoms with Crippen LogP contribution < -0.4 is 0 Å². The van der Waals surface area contributed by atoms with E-state index in [1.165, 1.54) is 29.8 Å². The molecule has 0 unspecified atom stereocenters. The Balaban J connectivity index is 1.48. The van der Waals surface area contributed by atoms with Crippen molar-refractivity contribution in [1.29, 1.82) is 0 Å². The van der Waals surface area contributed by atoms with E-state index in [4.69, 9.17) is 4.74 Å². The predicted molar refractivity (Wildman–Crippen MR) is 99.1 cm³/mol. The fourth-order valence-corrected chi connectivity index (χ4v) is 4.08. The van der Waals surface area contributed by atoms with Gasteiger partial charge < -0.3 is 4.74 Å². The summed E-state index contributed by atoms with van der Waals surface area (Å²) in [6.07, 6.45) is 1.17. The smallest absolute Gasteiger partial charge is 0.269 e. The number of nitrogens with zero attached hydrogens (tertiary/aromatic N) is 2. The molecule has 1 saturated heterocycles. The van der Waals surface area contributed by atoms with Crippen LogP contribution in [0.15, 0.2) is 46.9 Å². The second-order valence-corrected chi connectivity index (χ2v) is 7.52. The highest BCUT2D eigenvalue weighted by atomic mass is 79.9. The van der Waals surface area contributed by atoms with E-state index in [0.717, 1.165) is 23.0 Å². The van der Waals surface area contributed by atoms with Crippen molar-refractivity contribution in [1.82, 2.24) is 4.90 Å². The van der Waals surface area contributed by atoms with E-state index in [-0.39, 0.29) is 23.7 Å². The third-order valence-corrected chi connectivity index (χ3v) is 5.54. The molecule has 0 saturated carbocycles. The van der Waals surface area contributed by atoms with E-state index in [2.05, 4.69) is 33.0 Å². The van der Waals surface area contributed by atoms with Crippen LogP contribution in [0, 0.1) is 10.1 Å². The first-order valence-corrected chi connectivity index (χ1v) is 9.25. The van der Waals surface area contributed by atoms with Gasteiger partial charge >= 0.3 is 0 Å². The van der Waals surface area contributed by atoms with Gasteiger partial charge in [-0.15, -0.1) is 0 Å². The number of rotatable bonds is 4. The van der Waals surface area contributed by atoms with Crippen molar-refractivity contribution in [2.24, 2.45) is 0 Å². The number of Topliss-reactive ketones (excluding diaryl/α,β-unsaturated/α-hetero) is 1. The summed E-state index contributed by atoms with van der Waals surface area (Å²) in [7, 11) is 0. The second kappa shape index (κ2) is 6.90. The van der Waals surface area contributed by atoms with Gasteiger partial charge in [0.25, 0.3) is 5.69 Å². The quantitative estimate of drug-likeness (QED) is 0.429. The van der Waals surface area contributed by atoms with Crippen molar-refractivity contribution in [3.8, 4) is 0 Å². The number of nitro benzene ring substituents is 1. The van der Waals surface area contributed by atoms with Crippen molar-refractivity contribution in [3.05, 3.63) is 73.7 Å². The van der Waals surface area contributed by atoms with E-state index >= 15 is 0 Å². The van der Waals surface area contributed by atoms with Crippen LogP contribution in [-0.4, -0.2) is 34.8 Å². The molecule has 2 aromatic rings. The van der Waals surface area contributed by atoms with Crippen molar-refractivity contribution >= 4 is 27.4 Å². The lowest BCUT2D eigenvalue weighted by Gasteiger charge is -2.33. The molecule has 0 bridgehead atoms. The van der Waals surface area contributed by atoms with Crippen molar-refractivity contribution in [2.45, 2.75) is 25.1 Å². The first kappa shape index (κ1) is 17.3. The minimum absolute atomic E-state index is 0.0102. The molecular formula is C19H17BrN2O4. The molecule has 2 aliphatic heterocycles. The van der Waals surface area contributed by atoms with Crippen molar-refractivity contribution < 1.29 is 14.5 Å². The number of nitro groups is 1. The van der Waals surface area contributed by atoms with Gasteiger partial charge in [-0.05, 0) is 41.8 Å². The Morgan fingerprint density at radius 3 is 2.77 bits per heavy atom. The number of ketones is 1. The van der Waals surface area contributed by atoms with Gasteiger partial charge in [-0.2, -0.15) is 0 Å². The van der Waals surface area contributed by atoms with E-state index in [0.29, 0.717) is 18.6 Å². The Kier molecular flexibility index (Phi) is 4.60. The van der Waals surface area contributed by atoms with Crippen LogP contribution in [0.1, 0.15) is 34.1 Å². The Hall–Kier alpha value is -2.09. The molecule has 0 amide bonds. The topological polar surface area (TPSA) is 72.7 Å². The maximum atomic E-state index is 12.6. The average molecular weight is 417 g/mol. The zero-order valence-corrected chi connectivity index (χ0v) is 15.5. The minimum Gasteiger partial charge on any atom is -0.357 e. The molecule has 26 heavy (non-hydrogen) atoms.